The predicted octanol–water partition coefficient (Wildman–Crippen LogP) is 4.55. The molecule has 2 aliphatic rings. The second-order valence-electron chi connectivity index (χ2n) is 9.62. The van der Waals surface area contributed by atoms with E-state index in [1.165, 1.54) is 6.07 Å². The van der Waals surface area contributed by atoms with E-state index in [9.17, 15) is 28.9 Å². The maximum absolute atomic E-state index is 13.8. The second kappa shape index (κ2) is 11.5. The van der Waals surface area contributed by atoms with Gasteiger partial charge in [0.05, 0.1) is 29.2 Å². The number of carbonyl (C=O) groups excluding carboxylic acids is 2. The monoisotopic (exact) mass is 505 g/mol. The van der Waals surface area contributed by atoms with Crippen molar-refractivity contribution in [2.45, 2.75) is 50.0 Å². The van der Waals surface area contributed by atoms with Crippen molar-refractivity contribution >= 4 is 11.9 Å². The lowest BCUT2D eigenvalue weighted by molar-refractivity contribution is -0.132. The van der Waals surface area contributed by atoms with E-state index < -0.39 is 29.1 Å². The van der Waals surface area contributed by atoms with Crippen LogP contribution in [0, 0.1) is 34.3 Å². The molecule has 0 aromatic heterocycles. The number of carbonyl (C=O) groups is 2. The minimum atomic E-state index is -1.01. The summed E-state index contributed by atoms with van der Waals surface area (Å²) in [6.07, 6.45) is 3.19. The molecule has 0 bridgehead atoms. The van der Waals surface area contributed by atoms with Crippen LogP contribution in [0.5, 0.6) is 0 Å². The van der Waals surface area contributed by atoms with E-state index in [0.29, 0.717) is 69.4 Å². The van der Waals surface area contributed by atoms with Gasteiger partial charge in [-0.25, -0.2) is 13.6 Å². The molecule has 0 spiro atoms. The van der Waals surface area contributed by atoms with E-state index in [1.54, 1.807) is 12.1 Å². The molecule has 192 valence electrons. The highest BCUT2D eigenvalue weighted by Crippen LogP contribution is 2.37. The van der Waals surface area contributed by atoms with Gasteiger partial charge >= 0.3 is 6.03 Å². The fourth-order valence-electron chi connectivity index (χ4n) is 5.34. The first-order chi connectivity index (χ1) is 17.9. The molecule has 1 atom stereocenters. The van der Waals surface area contributed by atoms with Gasteiger partial charge in [0.2, 0.25) is 5.91 Å². The molecule has 0 aliphatic carbocycles. The van der Waals surface area contributed by atoms with Crippen LogP contribution in [0.25, 0.3) is 0 Å². The SMILES string of the molecule is N#Cc1ccccc1C1(C#N)CCN(CCCNC(=O)N2C(=O)CCC[C@H]2c2ccc(F)c(F)c2)CC1. The van der Waals surface area contributed by atoms with Crippen LogP contribution in [-0.4, -0.2) is 47.9 Å². The van der Waals surface area contributed by atoms with Gasteiger partial charge in [-0.1, -0.05) is 24.3 Å². The number of nitriles is 2. The van der Waals surface area contributed by atoms with Crippen LogP contribution in [0.2, 0.25) is 0 Å². The van der Waals surface area contributed by atoms with Crippen molar-refractivity contribution in [3.63, 3.8) is 0 Å². The van der Waals surface area contributed by atoms with Crippen molar-refractivity contribution in [2.75, 3.05) is 26.2 Å². The number of nitrogens with zero attached hydrogens (tertiary/aromatic N) is 4. The summed E-state index contributed by atoms with van der Waals surface area (Å²) in [6, 6.07) is 14.2. The molecule has 3 amide bonds. The van der Waals surface area contributed by atoms with Gasteiger partial charge in [0.15, 0.2) is 11.6 Å². The van der Waals surface area contributed by atoms with Crippen LogP contribution in [0.4, 0.5) is 13.6 Å². The second-order valence-corrected chi connectivity index (χ2v) is 9.62. The maximum Gasteiger partial charge on any atom is 0.324 e. The molecule has 0 saturated carbocycles. The van der Waals surface area contributed by atoms with E-state index in [-0.39, 0.29) is 12.3 Å². The highest BCUT2D eigenvalue weighted by atomic mass is 19.2. The van der Waals surface area contributed by atoms with Crippen molar-refractivity contribution in [2.24, 2.45) is 0 Å². The van der Waals surface area contributed by atoms with E-state index in [1.807, 2.05) is 12.1 Å². The third-order valence-corrected chi connectivity index (χ3v) is 7.41. The minimum absolute atomic E-state index is 0.233. The molecular weight excluding hydrogens is 476 g/mol. The molecule has 2 aromatic rings. The number of halogens is 2. The van der Waals surface area contributed by atoms with Crippen LogP contribution in [0.3, 0.4) is 0 Å². The molecule has 2 heterocycles. The van der Waals surface area contributed by atoms with Gasteiger partial charge in [-0.05, 0) is 81.1 Å². The zero-order valence-corrected chi connectivity index (χ0v) is 20.6. The number of benzene rings is 2. The molecule has 0 radical (unpaired) electrons. The standard InChI is InChI=1S/C28H29F2N5O2/c29-23-10-9-20(17-24(23)30)25-7-3-8-26(36)35(25)27(37)33-13-4-14-34-15-11-28(19-32,12-16-34)22-6-2-1-5-21(22)18-31/h1-2,5-6,9-10,17,25H,3-4,7-8,11-16H2,(H,33,37)/t25-/m0/s1. The zero-order valence-electron chi connectivity index (χ0n) is 20.6. The number of urea groups is 1. The first-order valence-electron chi connectivity index (χ1n) is 12.6. The number of hydrogen-bond donors (Lipinski definition) is 1. The van der Waals surface area contributed by atoms with E-state index >= 15 is 0 Å². The Morgan fingerprint density at radius 1 is 1.11 bits per heavy atom. The summed E-state index contributed by atoms with van der Waals surface area (Å²) < 4.78 is 27.1. The lowest BCUT2D eigenvalue weighted by Gasteiger charge is -2.38. The molecule has 2 saturated heterocycles. The van der Waals surface area contributed by atoms with Crippen LogP contribution < -0.4 is 5.32 Å². The topological polar surface area (TPSA) is 100 Å². The molecule has 1 N–H and O–H groups in total. The molecule has 9 heteroatoms. The fourth-order valence-corrected chi connectivity index (χ4v) is 5.34. The molecule has 4 rings (SSSR count). The van der Waals surface area contributed by atoms with Crippen LogP contribution >= 0.6 is 0 Å². The zero-order chi connectivity index (χ0) is 26.4. The Morgan fingerprint density at radius 2 is 1.86 bits per heavy atom. The number of likely N-dealkylation sites (tertiary alicyclic amines) is 2. The minimum Gasteiger partial charge on any atom is -0.338 e. The van der Waals surface area contributed by atoms with Gasteiger partial charge in [0, 0.05) is 13.0 Å². The Morgan fingerprint density at radius 3 is 2.57 bits per heavy atom. The van der Waals surface area contributed by atoms with E-state index in [4.69, 9.17) is 0 Å². The number of piperidine rings is 2. The van der Waals surface area contributed by atoms with Crippen molar-refractivity contribution in [3.8, 4) is 12.1 Å². The summed E-state index contributed by atoms with van der Waals surface area (Å²) in [4.78, 5) is 28.8. The van der Waals surface area contributed by atoms with Crippen LogP contribution in [-0.2, 0) is 10.2 Å². The average molecular weight is 506 g/mol. The first-order valence-corrected chi connectivity index (χ1v) is 12.6. The van der Waals surface area contributed by atoms with Crippen molar-refractivity contribution in [1.82, 2.24) is 15.1 Å². The van der Waals surface area contributed by atoms with Gasteiger partial charge < -0.3 is 10.2 Å². The van der Waals surface area contributed by atoms with Crippen molar-refractivity contribution in [1.29, 1.82) is 10.5 Å². The Kier molecular flexibility index (Phi) is 8.15. The Labute approximate surface area is 215 Å². The molecule has 2 aromatic carbocycles. The number of amides is 3. The number of imide groups is 1. The van der Waals surface area contributed by atoms with E-state index in [0.717, 1.165) is 22.6 Å². The predicted molar refractivity (Wildman–Crippen MR) is 132 cm³/mol. The maximum atomic E-state index is 13.8. The highest BCUT2D eigenvalue weighted by Gasteiger charge is 2.38. The quantitative estimate of drug-likeness (QED) is 0.581. The first kappa shape index (κ1) is 26.2. The van der Waals surface area contributed by atoms with Gasteiger partial charge in [-0.15, -0.1) is 0 Å². The highest BCUT2D eigenvalue weighted by molar-refractivity contribution is 5.95. The van der Waals surface area contributed by atoms with Crippen LogP contribution in [0.15, 0.2) is 42.5 Å². The van der Waals surface area contributed by atoms with E-state index in [2.05, 4.69) is 22.4 Å². The smallest absolute Gasteiger partial charge is 0.324 e. The summed E-state index contributed by atoms with van der Waals surface area (Å²) in [5.41, 5.74) is 1.04. The molecule has 2 fully saturated rings. The normalized spacial score (nSPS) is 19.6. The van der Waals surface area contributed by atoms with Crippen LogP contribution in [0.1, 0.15) is 61.3 Å². The van der Waals surface area contributed by atoms with Gasteiger partial charge in [0.25, 0.3) is 0 Å². The summed E-state index contributed by atoms with van der Waals surface area (Å²) in [6.45, 7) is 2.46. The largest absolute Gasteiger partial charge is 0.338 e. The summed E-state index contributed by atoms with van der Waals surface area (Å²) in [5.74, 6) is -2.31. The lowest BCUT2D eigenvalue weighted by Crippen LogP contribution is -2.48. The van der Waals surface area contributed by atoms with Gasteiger partial charge in [-0.3, -0.25) is 9.69 Å². The van der Waals surface area contributed by atoms with Crippen molar-refractivity contribution < 1.29 is 18.4 Å². The Hall–Kier alpha value is -3.82. The fraction of sp³-hybridized carbons (Fsp3) is 0.429. The third-order valence-electron chi connectivity index (χ3n) is 7.41. The molecule has 0 unspecified atom stereocenters. The molecular formula is C28H29F2N5O2. The van der Waals surface area contributed by atoms with Crippen molar-refractivity contribution in [3.05, 3.63) is 70.8 Å². The Bertz CT molecular complexity index is 1240. The summed E-state index contributed by atoms with van der Waals surface area (Å²) >= 11 is 0. The molecule has 7 nitrogen and oxygen atoms in total. The summed E-state index contributed by atoms with van der Waals surface area (Å²) in [7, 11) is 0. The lowest BCUT2D eigenvalue weighted by atomic mass is 9.72. The summed E-state index contributed by atoms with van der Waals surface area (Å²) in [5, 5.41) is 22.2. The Balaban J connectivity index is 1.29. The number of rotatable bonds is 6. The number of hydrogen-bond acceptors (Lipinski definition) is 5. The average Bonchev–Trinajstić information content (AvgIpc) is 2.92. The van der Waals surface area contributed by atoms with Gasteiger partial charge in [0.1, 0.15) is 0 Å². The molecule has 37 heavy (non-hydrogen) atoms. The molecule has 2 aliphatic heterocycles. The third kappa shape index (κ3) is 5.63. The number of nitrogens with one attached hydrogen (secondary N) is 1. The van der Waals surface area contributed by atoms with Gasteiger partial charge in [-0.2, -0.15) is 10.5 Å².